The Morgan fingerprint density at radius 1 is 1.04 bits per heavy atom. The number of aryl methyl sites for hydroxylation is 2. The van der Waals surface area contributed by atoms with E-state index < -0.39 is 34.2 Å². The molecular weight excluding hydrogens is 366 g/mol. The van der Waals surface area contributed by atoms with Gasteiger partial charge in [0.25, 0.3) is 17.5 Å². The standard InChI is InChI=1S/C19H15N3O6/c1-10-3-5-13(7-11(10)2)21-18(25)14(17(24)20-19(21)26)8-12-4-6-16(23)15(9-12)22(27)28/h3-9,23H,1-2H3,(H,20,24,26)/p-1/b14-8+. The van der Waals surface area contributed by atoms with Gasteiger partial charge in [-0.3, -0.25) is 25.0 Å². The van der Waals surface area contributed by atoms with Crippen molar-refractivity contribution < 1.29 is 24.4 Å². The van der Waals surface area contributed by atoms with Gasteiger partial charge in [-0.15, -0.1) is 0 Å². The Bertz CT molecular complexity index is 1070. The van der Waals surface area contributed by atoms with Gasteiger partial charge in [0.05, 0.1) is 10.6 Å². The van der Waals surface area contributed by atoms with Crippen molar-refractivity contribution in [2.24, 2.45) is 0 Å². The van der Waals surface area contributed by atoms with Crippen LogP contribution in [0.5, 0.6) is 5.75 Å². The highest BCUT2D eigenvalue weighted by molar-refractivity contribution is 6.39. The molecule has 1 heterocycles. The maximum atomic E-state index is 12.8. The molecule has 0 radical (unpaired) electrons. The molecule has 1 N–H and O–H groups in total. The lowest BCUT2D eigenvalue weighted by molar-refractivity contribution is -0.398. The minimum absolute atomic E-state index is 0.110. The van der Waals surface area contributed by atoms with Crippen LogP contribution in [0.4, 0.5) is 16.2 Å². The topological polar surface area (TPSA) is 133 Å². The molecule has 9 heteroatoms. The predicted octanol–water partition coefficient (Wildman–Crippen LogP) is 1.95. The highest BCUT2D eigenvalue weighted by Gasteiger charge is 2.36. The molecule has 1 saturated heterocycles. The van der Waals surface area contributed by atoms with E-state index in [1.54, 1.807) is 18.2 Å². The Hall–Kier alpha value is -4.01. The first-order valence-electron chi connectivity index (χ1n) is 8.13. The van der Waals surface area contributed by atoms with E-state index in [1.165, 1.54) is 6.07 Å². The lowest BCUT2D eigenvalue weighted by Gasteiger charge is -2.26. The molecule has 1 fully saturated rings. The van der Waals surface area contributed by atoms with Crippen molar-refractivity contribution in [3.8, 4) is 5.75 Å². The van der Waals surface area contributed by atoms with E-state index in [-0.39, 0.29) is 16.8 Å². The summed E-state index contributed by atoms with van der Waals surface area (Å²) in [5.74, 6) is -2.59. The molecule has 1 aliphatic rings. The minimum atomic E-state index is -0.927. The number of hydrogen-bond acceptors (Lipinski definition) is 6. The van der Waals surface area contributed by atoms with Crippen molar-refractivity contribution in [2.45, 2.75) is 13.8 Å². The molecule has 2 aromatic rings. The molecule has 9 nitrogen and oxygen atoms in total. The summed E-state index contributed by atoms with van der Waals surface area (Å²) in [6.07, 6.45) is 1.10. The molecule has 0 bridgehead atoms. The first kappa shape index (κ1) is 18.8. The Labute approximate surface area is 159 Å². The largest absolute Gasteiger partial charge is 0.868 e. The third-order valence-electron chi connectivity index (χ3n) is 4.34. The van der Waals surface area contributed by atoms with E-state index in [9.17, 15) is 29.6 Å². The zero-order valence-electron chi connectivity index (χ0n) is 14.9. The summed E-state index contributed by atoms with van der Waals surface area (Å²) in [6.45, 7) is 3.69. The van der Waals surface area contributed by atoms with Crippen LogP contribution in [0.2, 0.25) is 0 Å². The molecule has 0 saturated carbocycles. The van der Waals surface area contributed by atoms with Crippen molar-refractivity contribution in [2.75, 3.05) is 4.90 Å². The van der Waals surface area contributed by atoms with Crippen LogP contribution in [-0.4, -0.2) is 22.8 Å². The van der Waals surface area contributed by atoms with E-state index in [0.29, 0.717) is 0 Å². The Kier molecular flexibility index (Phi) is 4.66. The molecule has 0 aromatic heterocycles. The molecular formula is C19H14N3O6-. The first-order chi connectivity index (χ1) is 13.2. The molecule has 2 aromatic carbocycles. The average Bonchev–Trinajstić information content (AvgIpc) is 2.62. The number of nitrogens with one attached hydrogen (secondary N) is 1. The summed E-state index contributed by atoms with van der Waals surface area (Å²) < 4.78 is 0. The van der Waals surface area contributed by atoms with Gasteiger partial charge in [0.2, 0.25) is 0 Å². The van der Waals surface area contributed by atoms with Crippen molar-refractivity contribution >= 4 is 35.3 Å². The molecule has 0 unspecified atom stereocenters. The lowest BCUT2D eigenvalue weighted by Crippen LogP contribution is -2.54. The molecule has 3 rings (SSSR count). The van der Waals surface area contributed by atoms with Crippen LogP contribution in [0.15, 0.2) is 42.0 Å². The van der Waals surface area contributed by atoms with Crippen molar-refractivity contribution in [3.63, 3.8) is 0 Å². The third kappa shape index (κ3) is 3.32. The lowest BCUT2D eigenvalue weighted by atomic mass is 10.0. The fourth-order valence-corrected chi connectivity index (χ4v) is 2.69. The second kappa shape index (κ2) is 6.95. The van der Waals surface area contributed by atoms with Crippen LogP contribution in [0.1, 0.15) is 16.7 Å². The van der Waals surface area contributed by atoms with E-state index in [1.807, 2.05) is 13.8 Å². The minimum Gasteiger partial charge on any atom is -0.868 e. The molecule has 142 valence electrons. The monoisotopic (exact) mass is 380 g/mol. The van der Waals surface area contributed by atoms with Gasteiger partial charge in [0.15, 0.2) is 0 Å². The average molecular weight is 380 g/mol. The number of amides is 4. The second-order valence-electron chi connectivity index (χ2n) is 6.21. The number of nitrogens with zero attached hydrogens (tertiary/aromatic N) is 2. The number of barbiturate groups is 1. The number of hydrogen-bond donors (Lipinski definition) is 1. The highest BCUT2D eigenvalue weighted by Crippen LogP contribution is 2.27. The summed E-state index contributed by atoms with van der Waals surface area (Å²) in [7, 11) is 0. The number of imide groups is 2. The summed E-state index contributed by atoms with van der Waals surface area (Å²) in [5.41, 5.74) is 1.14. The number of anilines is 1. The number of nitro benzene ring substituents is 1. The zero-order valence-corrected chi connectivity index (χ0v) is 14.9. The summed E-state index contributed by atoms with van der Waals surface area (Å²) in [4.78, 5) is 48.1. The number of nitro groups is 1. The Morgan fingerprint density at radius 3 is 2.39 bits per heavy atom. The van der Waals surface area contributed by atoms with Crippen LogP contribution in [-0.2, 0) is 9.59 Å². The Balaban J connectivity index is 2.05. The quantitative estimate of drug-likeness (QED) is 0.374. The fraction of sp³-hybridized carbons (Fsp3) is 0.105. The van der Waals surface area contributed by atoms with Crippen LogP contribution < -0.4 is 15.3 Å². The van der Waals surface area contributed by atoms with Gasteiger partial charge in [-0.2, -0.15) is 0 Å². The smallest absolute Gasteiger partial charge is 0.335 e. The van der Waals surface area contributed by atoms with Gasteiger partial charge < -0.3 is 5.11 Å². The second-order valence-corrected chi connectivity index (χ2v) is 6.21. The molecule has 1 aliphatic heterocycles. The van der Waals surface area contributed by atoms with E-state index in [2.05, 4.69) is 5.32 Å². The van der Waals surface area contributed by atoms with Gasteiger partial charge >= 0.3 is 6.03 Å². The van der Waals surface area contributed by atoms with Crippen LogP contribution in [0, 0.1) is 24.0 Å². The van der Waals surface area contributed by atoms with Gasteiger partial charge in [-0.1, -0.05) is 18.2 Å². The molecule has 0 atom stereocenters. The van der Waals surface area contributed by atoms with Crippen molar-refractivity contribution in [1.29, 1.82) is 0 Å². The number of carbonyl (C=O) groups is 3. The number of benzene rings is 2. The number of rotatable bonds is 3. The van der Waals surface area contributed by atoms with E-state index >= 15 is 0 Å². The molecule has 4 amide bonds. The van der Waals surface area contributed by atoms with Crippen LogP contribution in [0.25, 0.3) is 6.08 Å². The van der Waals surface area contributed by atoms with Gasteiger partial charge in [-0.05, 0) is 54.5 Å². The normalized spacial score (nSPS) is 15.7. The highest BCUT2D eigenvalue weighted by atomic mass is 16.6. The molecule has 0 spiro atoms. The molecule has 0 aliphatic carbocycles. The zero-order chi connectivity index (χ0) is 20.6. The third-order valence-corrected chi connectivity index (χ3v) is 4.34. The summed E-state index contributed by atoms with van der Waals surface area (Å²) in [5, 5.41) is 24.5. The van der Waals surface area contributed by atoms with E-state index in [4.69, 9.17) is 0 Å². The molecule has 28 heavy (non-hydrogen) atoms. The SMILES string of the molecule is Cc1ccc(N2C(=O)NC(=O)/C(=C\c3ccc([O-])c([N+](=O)[O-])c3)C2=O)cc1C. The fourth-order valence-electron chi connectivity index (χ4n) is 2.69. The first-order valence-corrected chi connectivity index (χ1v) is 8.13. The van der Waals surface area contributed by atoms with Gasteiger partial charge in [-0.25, -0.2) is 9.69 Å². The maximum Gasteiger partial charge on any atom is 0.335 e. The van der Waals surface area contributed by atoms with Gasteiger partial charge in [0, 0.05) is 6.07 Å². The maximum absolute atomic E-state index is 12.8. The number of carbonyl (C=O) groups excluding carboxylic acids is 3. The van der Waals surface area contributed by atoms with Gasteiger partial charge in [0.1, 0.15) is 5.57 Å². The summed E-state index contributed by atoms with van der Waals surface area (Å²) >= 11 is 0. The Morgan fingerprint density at radius 2 is 1.75 bits per heavy atom. The number of urea groups is 1. The van der Waals surface area contributed by atoms with Crippen LogP contribution >= 0.6 is 0 Å². The van der Waals surface area contributed by atoms with Crippen LogP contribution in [0.3, 0.4) is 0 Å². The van der Waals surface area contributed by atoms with Crippen molar-refractivity contribution in [1.82, 2.24) is 5.32 Å². The summed E-state index contributed by atoms with van der Waals surface area (Å²) in [6, 6.07) is 7.24. The predicted molar refractivity (Wildman–Crippen MR) is 97.5 cm³/mol. The van der Waals surface area contributed by atoms with Crippen molar-refractivity contribution in [3.05, 3.63) is 68.8 Å². The van der Waals surface area contributed by atoms with E-state index in [0.717, 1.165) is 34.2 Å².